The van der Waals surface area contributed by atoms with E-state index in [9.17, 15) is 13.2 Å². The number of methoxy groups -OCH3 is 1. The number of hydrogen-bond acceptors (Lipinski definition) is 4. The minimum absolute atomic E-state index is 0.0397. The first kappa shape index (κ1) is 20.6. The maximum Gasteiger partial charge on any atom is 0.251 e. The zero-order valence-corrected chi connectivity index (χ0v) is 17.5. The molecule has 1 amide bonds. The summed E-state index contributed by atoms with van der Waals surface area (Å²) in [6.45, 7) is 0. The zero-order chi connectivity index (χ0) is 20.5. The molecular weight excluding hydrogens is 400 g/mol. The van der Waals surface area contributed by atoms with Crippen LogP contribution in [0.15, 0.2) is 47.4 Å². The van der Waals surface area contributed by atoms with Gasteiger partial charge in [-0.1, -0.05) is 23.7 Å². The Kier molecular flexibility index (Phi) is 5.98. The predicted molar refractivity (Wildman–Crippen MR) is 108 cm³/mol. The summed E-state index contributed by atoms with van der Waals surface area (Å²) in [5, 5.41) is 3.68. The maximum absolute atomic E-state index is 12.9. The summed E-state index contributed by atoms with van der Waals surface area (Å²) in [6.07, 6.45) is 2.08. The molecule has 1 aliphatic rings. The molecule has 0 spiro atoms. The van der Waals surface area contributed by atoms with Crippen LogP contribution in [0.2, 0.25) is 5.02 Å². The molecule has 0 aromatic heterocycles. The van der Waals surface area contributed by atoms with E-state index in [-0.39, 0.29) is 28.2 Å². The molecule has 0 saturated heterocycles. The van der Waals surface area contributed by atoms with E-state index < -0.39 is 10.0 Å². The van der Waals surface area contributed by atoms with Crippen LogP contribution in [-0.4, -0.2) is 39.8 Å². The molecule has 0 heterocycles. The molecule has 0 unspecified atom stereocenters. The van der Waals surface area contributed by atoms with Gasteiger partial charge in [0.1, 0.15) is 10.6 Å². The van der Waals surface area contributed by atoms with Crippen LogP contribution in [0.3, 0.4) is 0 Å². The first-order chi connectivity index (χ1) is 13.2. The van der Waals surface area contributed by atoms with Gasteiger partial charge in [-0.15, -0.1) is 0 Å². The lowest BCUT2D eigenvalue weighted by molar-refractivity contribution is 0.0931. The molecule has 1 fully saturated rings. The van der Waals surface area contributed by atoms with Crippen molar-refractivity contribution in [2.24, 2.45) is 5.92 Å². The van der Waals surface area contributed by atoms with Gasteiger partial charge in [-0.25, -0.2) is 12.7 Å². The fraction of sp³-hybridized carbons (Fsp3) is 0.350. The van der Waals surface area contributed by atoms with Crippen LogP contribution in [-0.2, 0) is 10.0 Å². The highest BCUT2D eigenvalue weighted by atomic mass is 35.5. The van der Waals surface area contributed by atoms with Gasteiger partial charge in [-0.3, -0.25) is 4.79 Å². The second kappa shape index (κ2) is 8.11. The number of amides is 1. The Labute approximate surface area is 170 Å². The Hall–Kier alpha value is -2.09. The van der Waals surface area contributed by atoms with Crippen molar-refractivity contribution < 1.29 is 17.9 Å². The van der Waals surface area contributed by atoms with E-state index in [1.165, 1.54) is 33.3 Å². The number of nitrogens with one attached hydrogen (secondary N) is 1. The first-order valence-corrected chi connectivity index (χ1v) is 10.7. The van der Waals surface area contributed by atoms with E-state index >= 15 is 0 Å². The lowest BCUT2D eigenvalue weighted by Gasteiger charge is -2.20. The molecule has 1 aliphatic carbocycles. The highest BCUT2D eigenvalue weighted by Crippen LogP contribution is 2.41. The highest BCUT2D eigenvalue weighted by molar-refractivity contribution is 7.89. The summed E-state index contributed by atoms with van der Waals surface area (Å²) < 4.78 is 31.4. The number of carbonyl (C=O) groups excluding carboxylic acids is 1. The quantitative estimate of drug-likeness (QED) is 0.741. The van der Waals surface area contributed by atoms with Crippen molar-refractivity contribution in [1.29, 1.82) is 0 Å². The first-order valence-electron chi connectivity index (χ1n) is 8.91. The zero-order valence-electron chi connectivity index (χ0n) is 16.0. The van der Waals surface area contributed by atoms with Gasteiger partial charge in [0, 0.05) is 24.7 Å². The minimum atomic E-state index is -3.75. The molecule has 150 valence electrons. The smallest absolute Gasteiger partial charge is 0.251 e. The number of benzene rings is 2. The Balaban J connectivity index is 1.90. The molecule has 1 saturated carbocycles. The lowest BCUT2D eigenvalue weighted by atomic mass is 10.0. The molecule has 0 bridgehead atoms. The van der Waals surface area contributed by atoms with Gasteiger partial charge in [0.15, 0.2) is 0 Å². The summed E-state index contributed by atoms with van der Waals surface area (Å²) in [5.74, 6) is 0.236. The molecule has 0 radical (unpaired) electrons. The van der Waals surface area contributed by atoms with Crippen molar-refractivity contribution >= 4 is 27.5 Å². The van der Waals surface area contributed by atoms with Crippen LogP contribution in [0.4, 0.5) is 0 Å². The molecule has 2 aromatic rings. The topological polar surface area (TPSA) is 75.7 Å². The number of carbonyl (C=O) groups is 1. The van der Waals surface area contributed by atoms with E-state index in [0.29, 0.717) is 10.9 Å². The monoisotopic (exact) mass is 422 g/mol. The van der Waals surface area contributed by atoms with Crippen LogP contribution in [0, 0.1) is 5.92 Å². The fourth-order valence-electron chi connectivity index (χ4n) is 3.01. The average molecular weight is 423 g/mol. The van der Waals surface area contributed by atoms with E-state index in [1.807, 2.05) is 12.1 Å². The van der Waals surface area contributed by atoms with Crippen LogP contribution in [0.1, 0.15) is 34.8 Å². The van der Waals surface area contributed by atoms with Gasteiger partial charge in [0.05, 0.1) is 13.2 Å². The van der Waals surface area contributed by atoms with Crippen molar-refractivity contribution in [3.8, 4) is 5.75 Å². The minimum Gasteiger partial charge on any atom is -0.495 e. The molecular formula is C20H23ClN2O4S. The van der Waals surface area contributed by atoms with Crippen molar-refractivity contribution in [1.82, 2.24) is 9.62 Å². The summed E-state index contributed by atoms with van der Waals surface area (Å²) in [7, 11) is 0.516. The molecule has 28 heavy (non-hydrogen) atoms. The fourth-order valence-corrected chi connectivity index (χ4v) is 4.21. The van der Waals surface area contributed by atoms with Crippen molar-refractivity contribution in [3.05, 3.63) is 58.6 Å². The SMILES string of the molecule is COc1ccc(C(=O)N[C@H](c2ccc(Cl)cc2)C2CC2)cc1S(=O)(=O)N(C)C. The number of hydrogen-bond donors (Lipinski definition) is 1. The number of rotatable bonds is 7. The third kappa shape index (κ3) is 4.32. The lowest BCUT2D eigenvalue weighted by Crippen LogP contribution is -2.30. The predicted octanol–water partition coefficient (Wildman–Crippen LogP) is 3.48. The Morgan fingerprint density at radius 3 is 2.36 bits per heavy atom. The summed E-state index contributed by atoms with van der Waals surface area (Å²) in [4.78, 5) is 12.9. The normalized spacial score (nSPS) is 15.3. The van der Waals surface area contributed by atoms with E-state index in [2.05, 4.69) is 5.32 Å². The van der Waals surface area contributed by atoms with E-state index in [1.54, 1.807) is 18.2 Å². The van der Waals surface area contributed by atoms with Gasteiger partial charge in [-0.2, -0.15) is 0 Å². The van der Waals surface area contributed by atoms with Crippen molar-refractivity contribution in [2.45, 2.75) is 23.8 Å². The van der Waals surface area contributed by atoms with Crippen LogP contribution >= 0.6 is 11.6 Å². The number of halogens is 1. The van der Waals surface area contributed by atoms with Crippen molar-refractivity contribution in [3.63, 3.8) is 0 Å². The maximum atomic E-state index is 12.9. The third-order valence-electron chi connectivity index (χ3n) is 4.79. The molecule has 3 rings (SSSR count). The average Bonchev–Trinajstić information content (AvgIpc) is 3.51. The summed E-state index contributed by atoms with van der Waals surface area (Å²) in [5.41, 5.74) is 1.25. The number of ether oxygens (including phenoxy) is 1. The Morgan fingerprint density at radius 1 is 1.18 bits per heavy atom. The molecule has 8 heteroatoms. The summed E-state index contributed by atoms with van der Waals surface area (Å²) in [6, 6.07) is 11.7. The second-order valence-electron chi connectivity index (χ2n) is 6.99. The van der Waals surface area contributed by atoms with Gasteiger partial charge < -0.3 is 10.1 Å². The standard InChI is InChI=1S/C20H23ClN2O4S/c1-23(2)28(25,26)18-12-15(8-11-17(18)27-3)20(24)22-19(13-4-5-13)14-6-9-16(21)10-7-14/h6-13,19H,4-5H2,1-3H3,(H,22,24)/t19-/m0/s1. The van der Waals surface area contributed by atoms with Gasteiger partial charge in [0.2, 0.25) is 10.0 Å². The molecule has 0 aliphatic heterocycles. The second-order valence-corrected chi connectivity index (χ2v) is 9.55. The molecule has 6 nitrogen and oxygen atoms in total. The largest absolute Gasteiger partial charge is 0.495 e. The van der Waals surface area contributed by atoms with Crippen LogP contribution in [0.25, 0.3) is 0 Å². The molecule has 1 atom stereocenters. The number of sulfonamides is 1. The molecule has 2 aromatic carbocycles. The van der Waals surface area contributed by atoms with E-state index in [4.69, 9.17) is 16.3 Å². The van der Waals surface area contributed by atoms with Crippen LogP contribution in [0.5, 0.6) is 5.75 Å². The van der Waals surface area contributed by atoms with Gasteiger partial charge in [-0.05, 0) is 54.7 Å². The summed E-state index contributed by atoms with van der Waals surface area (Å²) >= 11 is 5.97. The van der Waals surface area contributed by atoms with Gasteiger partial charge >= 0.3 is 0 Å². The highest BCUT2D eigenvalue weighted by Gasteiger charge is 2.34. The van der Waals surface area contributed by atoms with Gasteiger partial charge in [0.25, 0.3) is 5.91 Å². The number of nitrogens with zero attached hydrogens (tertiary/aromatic N) is 1. The molecule has 1 N–H and O–H groups in total. The van der Waals surface area contributed by atoms with Crippen LogP contribution < -0.4 is 10.1 Å². The third-order valence-corrected chi connectivity index (χ3v) is 6.88. The Bertz CT molecular complexity index is 970. The Morgan fingerprint density at radius 2 is 1.82 bits per heavy atom. The van der Waals surface area contributed by atoms with Crippen molar-refractivity contribution in [2.75, 3.05) is 21.2 Å². The van der Waals surface area contributed by atoms with E-state index in [0.717, 1.165) is 22.7 Å².